The molecule has 1 saturated carbocycles. The topological polar surface area (TPSA) is 23.5 Å². The summed E-state index contributed by atoms with van der Waals surface area (Å²) in [6.45, 7) is 2.76. The van der Waals surface area contributed by atoms with Gasteiger partial charge in [0, 0.05) is 22.7 Å². The van der Waals surface area contributed by atoms with Gasteiger partial charge in [-0.2, -0.15) is 11.3 Å². The van der Waals surface area contributed by atoms with Crippen molar-refractivity contribution in [3.8, 4) is 0 Å². The molecular weight excluding hydrogens is 334 g/mol. The third-order valence-electron chi connectivity index (χ3n) is 3.69. The molecule has 0 spiro atoms. The van der Waals surface area contributed by atoms with E-state index in [9.17, 15) is 5.11 Å². The molecular formula is C16H18BrNOS. The highest BCUT2D eigenvalue weighted by Gasteiger charge is 2.29. The molecule has 106 valence electrons. The van der Waals surface area contributed by atoms with Gasteiger partial charge in [-0.05, 0) is 59.9 Å². The lowest BCUT2D eigenvalue weighted by Gasteiger charge is -2.25. The Labute approximate surface area is 132 Å². The van der Waals surface area contributed by atoms with Gasteiger partial charge in [0.15, 0.2) is 0 Å². The molecule has 2 nitrogen and oxygen atoms in total. The SMILES string of the molecule is C[C@H](O)c1ccc(N(Cc2ccsc2)C2CC2)cc1Br. The van der Waals surface area contributed by atoms with Crippen LogP contribution in [0.1, 0.15) is 37.0 Å². The van der Waals surface area contributed by atoms with Crippen molar-refractivity contribution in [1.29, 1.82) is 0 Å². The summed E-state index contributed by atoms with van der Waals surface area (Å²) in [4.78, 5) is 2.47. The molecule has 1 fully saturated rings. The number of thiophene rings is 1. The maximum atomic E-state index is 9.72. The van der Waals surface area contributed by atoms with E-state index in [1.807, 2.05) is 6.07 Å². The Balaban J connectivity index is 1.86. The average Bonchev–Trinajstić information content (AvgIpc) is 3.12. The molecule has 0 amide bonds. The second kappa shape index (κ2) is 5.88. The number of anilines is 1. The fraction of sp³-hybridized carbons (Fsp3) is 0.375. The third kappa shape index (κ3) is 3.08. The van der Waals surface area contributed by atoms with Crippen LogP contribution in [0.3, 0.4) is 0 Å². The Bertz CT molecular complexity index is 578. The van der Waals surface area contributed by atoms with Crippen molar-refractivity contribution in [2.24, 2.45) is 0 Å². The van der Waals surface area contributed by atoms with Crippen LogP contribution in [0.4, 0.5) is 5.69 Å². The van der Waals surface area contributed by atoms with E-state index in [2.05, 4.69) is 49.8 Å². The van der Waals surface area contributed by atoms with Crippen molar-refractivity contribution >= 4 is 33.0 Å². The first-order valence-corrected chi connectivity index (χ1v) is 8.64. The third-order valence-corrected chi connectivity index (χ3v) is 5.11. The zero-order valence-electron chi connectivity index (χ0n) is 11.4. The molecule has 1 atom stereocenters. The van der Waals surface area contributed by atoms with Gasteiger partial charge in [-0.1, -0.05) is 22.0 Å². The Morgan fingerprint density at radius 2 is 2.20 bits per heavy atom. The van der Waals surface area contributed by atoms with Gasteiger partial charge in [-0.3, -0.25) is 0 Å². The van der Waals surface area contributed by atoms with Gasteiger partial charge < -0.3 is 10.0 Å². The zero-order chi connectivity index (χ0) is 14.1. The van der Waals surface area contributed by atoms with Crippen LogP contribution in [0.2, 0.25) is 0 Å². The van der Waals surface area contributed by atoms with Crippen LogP contribution in [0.5, 0.6) is 0 Å². The van der Waals surface area contributed by atoms with Crippen LogP contribution in [0.25, 0.3) is 0 Å². The lowest BCUT2D eigenvalue weighted by molar-refractivity contribution is 0.198. The summed E-state index contributed by atoms with van der Waals surface area (Å²) in [5.41, 5.74) is 3.55. The van der Waals surface area contributed by atoms with Gasteiger partial charge in [0.1, 0.15) is 0 Å². The molecule has 4 heteroatoms. The van der Waals surface area contributed by atoms with Gasteiger partial charge in [0.05, 0.1) is 6.10 Å². The van der Waals surface area contributed by atoms with Crippen LogP contribution in [0, 0.1) is 0 Å². The maximum absolute atomic E-state index is 9.72. The molecule has 1 heterocycles. The fourth-order valence-corrected chi connectivity index (χ4v) is 3.79. The van der Waals surface area contributed by atoms with Crippen LogP contribution in [-0.2, 0) is 6.54 Å². The number of benzene rings is 1. The fourth-order valence-electron chi connectivity index (χ4n) is 2.43. The normalized spacial score (nSPS) is 16.1. The lowest BCUT2D eigenvalue weighted by Crippen LogP contribution is -2.24. The number of aliphatic hydroxyl groups excluding tert-OH is 1. The van der Waals surface area contributed by atoms with E-state index in [4.69, 9.17) is 0 Å². The Morgan fingerprint density at radius 3 is 2.75 bits per heavy atom. The monoisotopic (exact) mass is 351 g/mol. The molecule has 1 aliphatic carbocycles. The number of hydrogen-bond donors (Lipinski definition) is 1. The van der Waals surface area contributed by atoms with Crippen LogP contribution < -0.4 is 4.90 Å². The van der Waals surface area contributed by atoms with Crippen LogP contribution in [-0.4, -0.2) is 11.1 Å². The molecule has 0 aliphatic heterocycles. The minimum atomic E-state index is -0.440. The molecule has 0 unspecified atom stereocenters. The number of nitrogens with zero attached hydrogens (tertiary/aromatic N) is 1. The predicted molar refractivity (Wildman–Crippen MR) is 88.3 cm³/mol. The molecule has 1 aliphatic rings. The second-order valence-corrected chi connectivity index (χ2v) is 7.01. The van der Waals surface area contributed by atoms with E-state index in [1.54, 1.807) is 18.3 Å². The van der Waals surface area contributed by atoms with Crippen molar-refractivity contribution in [3.05, 3.63) is 50.6 Å². The summed E-state index contributed by atoms with van der Waals surface area (Å²) in [5, 5.41) is 14.1. The summed E-state index contributed by atoms with van der Waals surface area (Å²) in [6.07, 6.45) is 2.12. The molecule has 0 bridgehead atoms. The smallest absolute Gasteiger partial charge is 0.0772 e. The highest BCUT2D eigenvalue weighted by Crippen LogP contribution is 2.36. The van der Waals surface area contributed by atoms with Crippen molar-refractivity contribution in [1.82, 2.24) is 0 Å². The number of aliphatic hydroxyl groups is 1. The number of hydrogen-bond acceptors (Lipinski definition) is 3. The van der Waals surface area contributed by atoms with Crippen molar-refractivity contribution in [2.75, 3.05) is 4.90 Å². The van der Waals surface area contributed by atoms with Crippen molar-refractivity contribution in [3.63, 3.8) is 0 Å². The standard InChI is InChI=1S/C16H18BrNOS/c1-11(19)15-5-4-14(8-16(15)17)18(13-2-3-13)9-12-6-7-20-10-12/h4-8,10-11,13,19H,2-3,9H2,1H3/t11-/m0/s1. The molecule has 1 N–H and O–H groups in total. The van der Waals surface area contributed by atoms with E-state index < -0.39 is 6.10 Å². The Kier molecular flexibility index (Phi) is 4.15. The molecule has 2 aromatic rings. The van der Waals surface area contributed by atoms with Crippen LogP contribution >= 0.6 is 27.3 Å². The minimum Gasteiger partial charge on any atom is -0.389 e. The van der Waals surface area contributed by atoms with E-state index >= 15 is 0 Å². The largest absolute Gasteiger partial charge is 0.389 e. The summed E-state index contributed by atoms with van der Waals surface area (Å²) >= 11 is 5.33. The van der Waals surface area contributed by atoms with Crippen molar-refractivity contribution < 1.29 is 5.11 Å². The van der Waals surface area contributed by atoms with Gasteiger partial charge in [-0.15, -0.1) is 0 Å². The molecule has 3 rings (SSSR count). The summed E-state index contributed by atoms with van der Waals surface area (Å²) in [5.74, 6) is 0. The van der Waals surface area contributed by atoms with Crippen LogP contribution in [0.15, 0.2) is 39.5 Å². The highest BCUT2D eigenvalue weighted by atomic mass is 79.9. The van der Waals surface area contributed by atoms with Gasteiger partial charge in [0.2, 0.25) is 0 Å². The first kappa shape index (κ1) is 14.1. The lowest BCUT2D eigenvalue weighted by atomic mass is 10.1. The summed E-state index contributed by atoms with van der Waals surface area (Å²) in [7, 11) is 0. The zero-order valence-corrected chi connectivity index (χ0v) is 13.8. The van der Waals surface area contributed by atoms with E-state index in [0.717, 1.165) is 16.6 Å². The molecule has 0 radical (unpaired) electrons. The predicted octanol–water partition coefficient (Wildman–Crippen LogP) is 4.73. The number of rotatable bonds is 5. The quantitative estimate of drug-likeness (QED) is 0.841. The van der Waals surface area contributed by atoms with Gasteiger partial charge in [-0.25, -0.2) is 0 Å². The average molecular weight is 352 g/mol. The maximum Gasteiger partial charge on any atom is 0.0772 e. The van der Waals surface area contributed by atoms with Gasteiger partial charge in [0.25, 0.3) is 0 Å². The van der Waals surface area contributed by atoms with E-state index in [-0.39, 0.29) is 0 Å². The molecule has 0 saturated heterocycles. The first-order valence-electron chi connectivity index (χ1n) is 6.90. The summed E-state index contributed by atoms with van der Waals surface area (Å²) < 4.78 is 0.987. The van der Waals surface area contributed by atoms with Crippen molar-refractivity contribution in [2.45, 2.75) is 38.5 Å². The second-order valence-electron chi connectivity index (χ2n) is 5.37. The number of halogens is 1. The first-order chi connectivity index (χ1) is 9.65. The Morgan fingerprint density at radius 1 is 1.40 bits per heavy atom. The van der Waals surface area contributed by atoms with E-state index in [1.165, 1.54) is 24.1 Å². The molecule has 1 aromatic carbocycles. The van der Waals surface area contributed by atoms with Gasteiger partial charge >= 0.3 is 0 Å². The molecule has 1 aromatic heterocycles. The minimum absolute atomic E-state index is 0.440. The molecule has 20 heavy (non-hydrogen) atoms. The summed E-state index contributed by atoms with van der Waals surface area (Å²) in [6, 6.07) is 9.13. The Hall–Kier alpha value is -0.840. The highest BCUT2D eigenvalue weighted by molar-refractivity contribution is 9.10. The van der Waals surface area contributed by atoms with E-state index in [0.29, 0.717) is 6.04 Å².